The van der Waals surface area contributed by atoms with Crippen LogP contribution < -0.4 is 0 Å². The predicted octanol–water partition coefficient (Wildman–Crippen LogP) is 3.03. The molecule has 148 valence electrons. The van der Waals surface area contributed by atoms with Crippen LogP contribution in [-0.2, 0) is 9.59 Å². The summed E-state index contributed by atoms with van der Waals surface area (Å²) in [7, 11) is 0. The largest absolute Gasteiger partial charge is 0.504 e. The number of fused-ring (bicyclic) bond motifs is 1. The molecule has 0 heterocycles. The minimum Gasteiger partial charge on any atom is -0.504 e. The zero-order valence-electron chi connectivity index (χ0n) is 16.4. The van der Waals surface area contributed by atoms with Crippen molar-refractivity contribution in [1.29, 1.82) is 0 Å². The fourth-order valence-electron chi connectivity index (χ4n) is 5.78. The van der Waals surface area contributed by atoms with Gasteiger partial charge in [-0.15, -0.1) is 0 Å². The van der Waals surface area contributed by atoms with Gasteiger partial charge < -0.3 is 15.3 Å². The van der Waals surface area contributed by atoms with Crippen LogP contribution in [0.4, 0.5) is 0 Å². The number of ketones is 2. The summed E-state index contributed by atoms with van der Waals surface area (Å²) in [4.78, 5) is 24.7. The summed E-state index contributed by atoms with van der Waals surface area (Å²) in [6.45, 7) is 10.1. The quantitative estimate of drug-likeness (QED) is 0.521. The van der Waals surface area contributed by atoms with Crippen molar-refractivity contribution in [1.82, 2.24) is 0 Å². The van der Waals surface area contributed by atoms with E-state index in [-0.39, 0.29) is 46.3 Å². The number of rotatable bonds is 3. The zero-order chi connectivity index (χ0) is 20.1. The number of carbonyl (C=O) groups excluding carboxylic acids is 2. The molecule has 0 aliphatic heterocycles. The third-order valence-corrected chi connectivity index (χ3v) is 7.53. The summed E-state index contributed by atoms with van der Waals surface area (Å²) < 4.78 is 0. The molecule has 0 unspecified atom stereocenters. The molecule has 2 saturated carbocycles. The third kappa shape index (κ3) is 3.01. The molecule has 0 aromatic rings. The normalized spacial score (nSPS) is 36.6. The van der Waals surface area contributed by atoms with Gasteiger partial charge in [-0.25, -0.2) is 0 Å². The van der Waals surface area contributed by atoms with Crippen LogP contribution in [0, 0.1) is 22.7 Å². The Morgan fingerprint density at radius 2 is 1.89 bits per heavy atom. The Bertz CT molecular complexity index is 757. The Labute approximate surface area is 160 Å². The molecule has 5 heteroatoms. The molecular weight excluding hydrogens is 344 g/mol. The predicted molar refractivity (Wildman–Crippen MR) is 102 cm³/mol. The Morgan fingerprint density at radius 3 is 2.52 bits per heavy atom. The highest BCUT2D eigenvalue weighted by Gasteiger charge is 2.56. The topological polar surface area (TPSA) is 94.8 Å². The first-order valence-corrected chi connectivity index (χ1v) is 9.72. The van der Waals surface area contributed by atoms with Gasteiger partial charge in [-0.1, -0.05) is 32.9 Å². The lowest BCUT2D eigenvalue weighted by molar-refractivity contribution is -0.125. The molecule has 2 fully saturated rings. The first-order valence-electron chi connectivity index (χ1n) is 9.72. The second kappa shape index (κ2) is 6.71. The van der Waals surface area contributed by atoms with Crippen LogP contribution in [0.3, 0.4) is 0 Å². The molecule has 4 atom stereocenters. The lowest BCUT2D eigenvalue weighted by Crippen LogP contribution is -2.54. The zero-order valence-corrected chi connectivity index (χ0v) is 16.4. The SMILES string of the molecule is C=C1CC[C@H]2C(C)(C)[C@@H](O)CC[C@]2(C)[C@H]1CC1=C(O)C(=O)C(CO)=CC1=O. The summed E-state index contributed by atoms with van der Waals surface area (Å²) in [6, 6.07) is 0. The van der Waals surface area contributed by atoms with Crippen LogP contribution in [0.5, 0.6) is 0 Å². The van der Waals surface area contributed by atoms with Gasteiger partial charge in [0.15, 0.2) is 11.5 Å². The van der Waals surface area contributed by atoms with E-state index >= 15 is 0 Å². The molecule has 3 rings (SSSR count). The molecule has 0 radical (unpaired) electrons. The van der Waals surface area contributed by atoms with Gasteiger partial charge in [0, 0.05) is 11.1 Å². The first kappa shape index (κ1) is 20.0. The maximum Gasteiger partial charge on any atom is 0.226 e. The molecule has 3 aliphatic carbocycles. The van der Waals surface area contributed by atoms with E-state index in [2.05, 4.69) is 27.4 Å². The minimum absolute atomic E-state index is 0.0407. The Kier molecular flexibility index (Phi) is 4.98. The van der Waals surface area contributed by atoms with E-state index in [1.165, 1.54) is 0 Å². The van der Waals surface area contributed by atoms with Gasteiger partial charge in [0.25, 0.3) is 0 Å². The van der Waals surface area contributed by atoms with E-state index < -0.39 is 23.9 Å². The fraction of sp³-hybridized carbons (Fsp3) is 0.636. The number of hydrogen-bond acceptors (Lipinski definition) is 5. The highest BCUT2D eigenvalue weighted by molar-refractivity contribution is 6.21. The fourth-order valence-corrected chi connectivity index (χ4v) is 5.78. The standard InChI is InChI=1S/C22H30O5/c1-12-5-6-17-21(2,3)18(25)7-8-22(17,4)15(12)10-14-16(24)9-13(11-23)19(26)20(14)27/h9,15,17-18,23,25,27H,1,5-8,10-11H2,2-4H3/t15-,17-,18-,22+/m0/s1. The molecule has 0 aromatic carbocycles. The van der Waals surface area contributed by atoms with Gasteiger partial charge >= 0.3 is 0 Å². The van der Waals surface area contributed by atoms with Crippen molar-refractivity contribution < 1.29 is 24.9 Å². The molecular formula is C22H30O5. The number of hydrogen-bond donors (Lipinski definition) is 3. The monoisotopic (exact) mass is 374 g/mol. The number of aliphatic hydroxyl groups excluding tert-OH is 3. The van der Waals surface area contributed by atoms with Crippen LogP contribution in [0.15, 0.2) is 35.1 Å². The van der Waals surface area contributed by atoms with E-state index in [0.717, 1.165) is 30.9 Å². The lowest BCUT2D eigenvalue weighted by Gasteiger charge is -2.59. The lowest BCUT2D eigenvalue weighted by atomic mass is 9.46. The van der Waals surface area contributed by atoms with Gasteiger partial charge in [0.1, 0.15) is 0 Å². The van der Waals surface area contributed by atoms with Crippen molar-refractivity contribution >= 4 is 11.6 Å². The van der Waals surface area contributed by atoms with Crippen LogP contribution >= 0.6 is 0 Å². The summed E-state index contributed by atoms with van der Waals surface area (Å²) in [5.74, 6) is -1.40. The smallest absolute Gasteiger partial charge is 0.226 e. The van der Waals surface area contributed by atoms with Gasteiger partial charge in [-0.3, -0.25) is 9.59 Å². The molecule has 0 bridgehead atoms. The summed E-state index contributed by atoms with van der Waals surface area (Å²) in [6.07, 6.45) is 4.32. The van der Waals surface area contributed by atoms with Crippen molar-refractivity contribution in [3.63, 3.8) is 0 Å². The first-order chi connectivity index (χ1) is 12.5. The van der Waals surface area contributed by atoms with E-state index in [1.54, 1.807) is 0 Å². The molecule has 3 aliphatic rings. The van der Waals surface area contributed by atoms with E-state index in [0.29, 0.717) is 6.42 Å². The van der Waals surface area contributed by atoms with Crippen molar-refractivity contribution in [3.05, 3.63) is 35.1 Å². The molecule has 5 nitrogen and oxygen atoms in total. The van der Waals surface area contributed by atoms with E-state index in [9.17, 15) is 24.9 Å². The van der Waals surface area contributed by atoms with Gasteiger partial charge in [0.2, 0.25) is 5.78 Å². The van der Waals surface area contributed by atoms with E-state index in [1.807, 2.05) is 0 Å². The van der Waals surface area contributed by atoms with Gasteiger partial charge in [-0.05, 0) is 60.8 Å². The molecule has 0 aromatic heterocycles. The highest BCUT2D eigenvalue weighted by Crippen LogP contribution is 2.62. The van der Waals surface area contributed by atoms with Crippen molar-refractivity contribution in [2.45, 2.75) is 59.0 Å². The Hall–Kier alpha value is -1.72. The molecule has 0 spiro atoms. The number of carbonyl (C=O) groups is 2. The van der Waals surface area contributed by atoms with Gasteiger partial charge in [-0.2, -0.15) is 0 Å². The van der Waals surface area contributed by atoms with Crippen molar-refractivity contribution in [3.8, 4) is 0 Å². The van der Waals surface area contributed by atoms with Gasteiger partial charge in [0.05, 0.1) is 12.7 Å². The summed E-state index contributed by atoms with van der Waals surface area (Å²) in [5, 5.41) is 30.1. The molecule has 27 heavy (non-hydrogen) atoms. The van der Waals surface area contributed by atoms with E-state index in [4.69, 9.17) is 0 Å². The highest BCUT2D eigenvalue weighted by atomic mass is 16.3. The number of allylic oxidation sites excluding steroid dienone is 4. The summed E-state index contributed by atoms with van der Waals surface area (Å²) >= 11 is 0. The average molecular weight is 374 g/mol. The maximum atomic E-state index is 12.5. The molecule has 3 N–H and O–H groups in total. The number of aliphatic hydroxyl groups is 3. The number of Topliss-reactive ketones (excluding diaryl/α,β-unsaturated/α-hetero) is 1. The third-order valence-electron chi connectivity index (χ3n) is 7.53. The van der Waals surface area contributed by atoms with Crippen LogP contribution in [0.25, 0.3) is 0 Å². The van der Waals surface area contributed by atoms with Crippen molar-refractivity contribution in [2.24, 2.45) is 22.7 Å². The Morgan fingerprint density at radius 1 is 1.22 bits per heavy atom. The molecule has 0 saturated heterocycles. The average Bonchev–Trinajstić information content (AvgIpc) is 2.60. The Balaban J connectivity index is 1.96. The minimum atomic E-state index is -0.672. The maximum absolute atomic E-state index is 12.5. The second-order valence-electron chi connectivity index (χ2n) is 9.24. The van der Waals surface area contributed by atoms with Crippen molar-refractivity contribution in [2.75, 3.05) is 6.61 Å². The molecule has 0 amide bonds. The second-order valence-corrected chi connectivity index (χ2v) is 9.24. The van der Waals surface area contributed by atoms with Crippen LogP contribution in [0.1, 0.15) is 52.9 Å². The summed E-state index contributed by atoms with van der Waals surface area (Å²) in [5.41, 5.74) is 0.691. The van der Waals surface area contributed by atoms with Crippen LogP contribution in [0.2, 0.25) is 0 Å². The van der Waals surface area contributed by atoms with Crippen LogP contribution in [-0.4, -0.2) is 39.6 Å².